The number of benzene rings is 1. The van der Waals surface area contributed by atoms with E-state index in [1.54, 1.807) is 12.1 Å². The first-order valence-corrected chi connectivity index (χ1v) is 7.01. The standard InChI is InChI=1S/C11H17NO4S/c1-2-16-7-8-17(14,15)12-9-10-3-5-11(13)6-4-10/h3-6,12-13H,2,7-9H2,1H3. The average Bonchev–Trinajstić information content (AvgIpc) is 2.29. The molecule has 0 fully saturated rings. The number of ether oxygens (including phenoxy) is 1. The summed E-state index contributed by atoms with van der Waals surface area (Å²) in [7, 11) is -3.30. The fraction of sp³-hybridized carbons (Fsp3) is 0.455. The van der Waals surface area contributed by atoms with Gasteiger partial charge in [-0.15, -0.1) is 0 Å². The number of phenols is 1. The molecule has 0 heterocycles. The third kappa shape index (κ3) is 5.67. The van der Waals surface area contributed by atoms with Gasteiger partial charge in [0.05, 0.1) is 12.4 Å². The molecule has 96 valence electrons. The maximum Gasteiger partial charge on any atom is 0.214 e. The number of hydrogen-bond donors (Lipinski definition) is 2. The van der Waals surface area contributed by atoms with Crippen LogP contribution in [0.5, 0.6) is 5.75 Å². The molecule has 0 bridgehead atoms. The first kappa shape index (κ1) is 14.0. The molecule has 0 unspecified atom stereocenters. The summed E-state index contributed by atoms with van der Waals surface area (Å²) >= 11 is 0. The molecule has 0 spiro atoms. The Morgan fingerprint density at radius 1 is 1.29 bits per heavy atom. The second-order valence-electron chi connectivity index (χ2n) is 3.50. The van der Waals surface area contributed by atoms with E-state index in [0.717, 1.165) is 5.56 Å². The van der Waals surface area contributed by atoms with Crippen LogP contribution in [0, 0.1) is 0 Å². The molecule has 0 aliphatic rings. The van der Waals surface area contributed by atoms with Crippen LogP contribution in [0.15, 0.2) is 24.3 Å². The van der Waals surface area contributed by atoms with E-state index >= 15 is 0 Å². The minimum atomic E-state index is -3.30. The van der Waals surface area contributed by atoms with Gasteiger partial charge in [0, 0.05) is 13.2 Å². The minimum absolute atomic E-state index is 0.0427. The Hall–Kier alpha value is -1.11. The van der Waals surface area contributed by atoms with Crippen molar-refractivity contribution in [2.75, 3.05) is 19.0 Å². The van der Waals surface area contributed by atoms with E-state index in [-0.39, 0.29) is 24.7 Å². The SMILES string of the molecule is CCOCCS(=O)(=O)NCc1ccc(O)cc1. The molecule has 0 atom stereocenters. The Kier molecular flexibility index (Phi) is 5.40. The predicted molar refractivity (Wildman–Crippen MR) is 65.2 cm³/mol. The Morgan fingerprint density at radius 2 is 1.94 bits per heavy atom. The number of sulfonamides is 1. The molecule has 17 heavy (non-hydrogen) atoms. The highest BCUT2D eigenvalue weighted by molar-refractivity contribution is 7.89. The molecule has 0 amide bonds. The highest BCUT2D eigenvalue weighted by atomic mass is 32.2. The third-order valence-electron chi connectivity index (χ3n) is 2.13. The van der Waals surface area contributed by atoms with Gasteiger partial charge in [0.15, 0.2) is 0 Å². The fourth-order valence-electron chi connectivity index (χ4n) is 1.19. The van der Waals surface area contributed by atoms with E-state index < -0.39 is 10.0 Å². The van der Waals surface area contributed by atoms with Gasteiger partial charge >= 0.3 is 0 Å². The summed E-state index contributed by atoms with van der Waals surface area (Å²) in [4.78, 5) is 0. The second-order valence-corrected chi connectivity index (χ2v) is 5.43. The lowest BCUT2D eigenvalue weighted by atomic mass is 10.2. The van der Waals surface area contributed by atoms with E-state index in [1.807, 2.05) is 6.92 Å². The van der Waals surface area contributed by atoms with Gasteiger partial charge in [0.25, 0.3) is 0 Å². The van der Waals surface area contributed by atoms with Crippen molar-refractivity contribution in [2.24, 2.45) is 0 Å². The van der Waals surface area contributed by atoms with Crippen LogP contribution in [0.25, 0.3) is 0 Å². The molecule has 1 aromatic carbocycles. The molecule has 2 N–H and O–H groups in total. The summed E-state index contributed by atoms with van der Waals surface area (Å²) in [6.45, 7) is 2.74. The normalized spacial score (nSPS) is 11.6. The highest BCUT2D eigenvalue weighted by Crippen LogP contribution is 2.09. The van der Waals surface area contributed by atoms with Crippen LogP contribution in [-0.2, 0) is 21.3 Å². The molecule has 1 rings (SSSR count). The maximum absolute atomic E-state index is 11.5. The summed E-state index contributed by atoms with van der Waals surface area (Å²) in [5.74, 6) is 0.117. The van der Waals surface area contributed by atoms with Crippen molar-refractivity contribution in [3.63, 3.8) is 0 Å². The first-order chi connectivity index (χ1) is 8.03. The van der Waals surface area contributed by atoms with Gasteiger partial charge in [-0.2, -0.15) is 0 Å². The molecule has 0 saturated carbocycles. The Balaban J connectivity index is 2.41. The van der Waals surface area contributed by atoms with Crippen molar-refractivity contribution in [3.05, 3.63) is 29.8 Å². The number of aromatic hydroxyl groups is 1. The van der Waals surface area contributed by atoms with E-state index in [0.29, 0.717) is 6.61 Å². The summed E-state index contributed by atoms with van der Waals surface area (Å²) < 4.78 is 30.5. The summed E-state index contributed by atoms with van der Waals surface area (Å²) in [5.41, 5.74) is 0.794. The summed E-state index contributed by atoms with van der Waals surface area (Å²) in [5, 5.41) is 9.07. The van der Waals surface area contributed by atoms with Crippen LogP contribution in [0.4, 0.5) is 0 Å². The zero-order valence-electron chi connectivity index (χ0n) is 9.72. The van der Waals surface area contributed by atoms with Gasteiger partial charge in [0.1, 0.15) is 5.75 Å². The molecule has 6 heteroatoms. The molecular formula is C11H17NO4S. The lowest BCUT2D eigenvalue weighted by molar-refractivity contribution is 0.163. The predicted octanol–water partition coefficient (Wildman–Crippen LogP) is 0.848. The Bertz CT molecular complexity index is 427. The molecule has 1 aromatic rings. The van der Waals surface area contributed by atoms with Crippen LogP contribution in [-0.4, -0.2) is 32.5 Å². The molecule has 0 aliphatic heterocycles. The van der Waals surface area contributed by atoms with E-state index in [9.17, 15) is 8.42 Å². The van der Waals surface area contributed by atoms with Gasteiger partial charge in [0.2, 0.25) is 10.0 Å². The monoisotopic (exact) mass is 259 g/mol. The van der Waals surface area contributed by atoms with Crippen LogP contribution in [0.2, 0.25) is 0 Å². The van der Waals surface area contributed by atoms with Gasteiger partial charge in [-0.25, -0.2) is 13.1 Å². The lowest BCUT2D eigenvalue weighted by Crippen LogP contribution is -2.28. The van der Waals surface area contributed by atoms with E-state index in [1.165, 1.54) is 12.1 Å². The van der Waals surface area contributed by atoms with Crippen LogP contribution in [0.3, 0.4) is 0 Å². The molecule has 0 aromatic heterocycles. The van der Waals surface area contributed by atoms with Crippen LogP contribution >= 0.6 is 0 Å². The third-order valence-corrected chi connectivity index (χ3v) is 3.42. The zero-order chi connectivity index (χ0) is 12.7. The van der Waals surface area contributed by atoms with Crippen molar-refractivity contribution in [3.8, 4) is 5.75 Å². The number of hydrogen-bond acceptors (Lipinski definition) is 4. The van der Waals surface area contributed by atoms with E-state index in [4.69, 9.17) is 9.84 Å². The first-order valence-electron chi connectivity index (χ1n) is 5.36. The quantitative estimate of drug-likeness (QED) is 0.712. The number of rotatable bonds is 7. The van der Waals surface area contributed by atoms with Crippen molar-refractivity contribution in [1.82, 2.24) is 4.72 Å². The smallest absolute Gasteiger partial charge is 0.214 e. The van der Waals surface area contributed by atoms with Crippen molar-refractivity contribution in [2.45, 2.75) is 13.5 Å². The van der Waals surface area contributed by atoms with Gasteiger partial charge in [-0.3, -0.25) is 0 Å². The van der Waals surface area contributed by atoms with Crippen molar-refractivity contribution >= 4 is 10.0 Å². The topological polar surface area (TPSA) is 75.6 Å². The van der Waals surface area contributed by atoms with E-state index in [2.05, 4.69) is 4.72 Å². The average molecular weight is 259 g/mol. The van der Waals surface area contributed by atoms with Crippen molar-refractivity contribution < 1.29 is 18.3 Å². The van der Waals surface area contributed by atoms with Gasteiger partial charge in [-0.05, 0) is 24.6 Å². The Morgan fingerprint density at radius 3 is 2.53 bits per heavy atom. The fourth-order valence-corrected chi connectivity index (χ4v) is 2.06. The summed E-state index contributed by atoms with van der Waals surface area (Å²) in [6, 6.07) is 6.37. The van der Waals surface area contributed by atoms with Crippen LogP contribution < -0.4 is 4.72 Å². The van der Waals surface area contributed by atoms with Crippen LogP contribution in [0.1, 0.15) is 12.5 Å². The Labute approximate surface area is 101 Å². The molecule has 5 nitrogen and oxygen atoms in total. The van der Waals surface area contributed by atoms with Crippen molar-refractivity contribution in [1.29, 1.82) is 0 Å². The second kappa shape index (κ2) is 6.58. The maximum atomic E-state index is 11.5. The van der Waals surface area contributed by atoms with Gasteiger partial charge < -0.3 is 9.84 Å². The summed E-state index contributed by atoms with van der Waals surface area (Å²) in [6.07, 6.45) is 0. The molecule has 0 aliphatic carbocycles. The largest absolute Gasteiger partial charge is 0.508 e. The lowest BCUT2D eigenvalue weighted by Gasteiger charge is -2.06. The number of nitrogens with one attached hydrogen (secondary N) is 1. The zero-order valence-corrected chi connectivity index (χ0v) is 10.5. The molecule has 0 saturated heterocycles. The molecular weight excluding hydrogens is 242 g/mol. The minimum Gasteiger partial charge on any atom is -0.508 e. The van der Waals surface area contributed by atoms with Gasteiger partial charge in [-0.1, -0.05) is 12.1 Å². The molecule has 0 radical (unpaired) electrons. The highest BCUT2D eigenvalue weighted by Gasteiger charge is 2.09. The number of phenolic OH excluding ortho intramolecular Hbond substituents is 1.